The molecular formula is C14H16BrN3O2. The highest BCUT2D eigenvalue weighted by atomic mass is 79.9. The molecule has 2 unspecified atom stereocenters. The molecule has 2 rings (SSSR count). The summed E-state index contributed by atoms with van der Waals surface area (Å²) < 4.78 is 0.901. The minimum atomic E-state index is -0.874. The summed E-state index contributed by atoms with van der Waals surface area (Å²) in [6, 6.07) is 4.97. The first-order chi connectivity index (χ1) is 9.52. The van der Waals surface area contributed by atoms with Crippen LogP contribution in [0.5, 0.6) is 0 Å². The molecule has 0 amide bonds. The molecule has 0 bridgehead atoms. The molecule has 0 aliphatic heterocycles. The van der Waals surface area contributed by atoms with Gasteiger partial charge in [-0.3, -0.25) is 0 Å². The SMILES string of the molecule is CCC(C)C(Nc1ncnc2ccc(Br)cc12)C(=O)O. The molecule has 1 aromatic carbocycles. The van der Waals surface area contributed by atoms with Crippen molar-refractivity contribution in [2.45, 2.75) is 26.3 Å². The molecule has 6 heteroatoms. The van der Waals surface area contributed by atoms with Crippen LogP contribution in [0.2, 0.25) is 0 Å². The van der Waals surface area contributed by atoms with Crippen molar-refractivity contribution in [3.05, 3.63) is 29.0 Å². The number of fused-ring (bicyclic) bond motifs is 1. The fourth-order valence-electron chi connectivity index (χ4n) is 1.97. The normalized spacial score (nSPS) is 13.9. The Balaban J connectivity index is 2.42. The highest BCUT2D eigenvalue weighted by molar-refractivity contribution is 9.10. The van der Waals surface area contributed by atoms with Gasteiger partial charge >= 0.3 is 5.97 Å². The van der Waals surface area contributed by atoms with Gasteiger partial charge in [0.15, 0.2) is 0 Å². The first-order valence-electron chi connectivity index (χ1n) is 6.42. The third-order valence-corrected chi connectivity index (χ3v) is 3.86. The summed E-state index contributed by atoms with van der Waals surface area (Å²) in [6.45, 7) is 3.88. The topological polar surface area (TPSA) is 75.1 Å². The van der Waals surface area contributed by atoms with E-state index in [4.69, 9.17) is 0 Å². The van der Waals surface area contributed by atoms with Gasteiger partial charge in [0.1, 0.15) is 18.2 Å². The predicted octanol–water partition coefficient (Wildman–Crippen LogP) is 3.30. The van der Waals surface area contributed by atoms with Gasteiger partial charge in [-0.15, -0.1) is 0 Å². The van der Waals surface area contributed by atoms with Crippen LogP contribution in [0.1, 0.15) is 20.3 Å². The average molecular weight is 338 g/mol. The first kappa shape index (κ1) is 14.7. The van der Waals surface area contributed by atoms with Crippen molar-refractivity contribution in [2.24, 2.45) is 5.92 Å². The van der Waals surface area contributed by atoms with Gasteiger partial charge < -0.3 is 10.4 Å². The third kappa shape index (κ3) is 3.07. The van der Waals surface area contributed by atoms with Gasteiger partial charge in [0, 0.05) is 9.86 Å². The van der Waals surface area contributed by atoms with E-state index in [2.05, 4.69) is 31.2 Å². The van der Waals surface area contributed by atoms with Crippen LogP contribution in [-0.2, 0) is 4.79 Å². The summed E-state index contributed by atoms with van der Waals surface area (Å²) in [5, 5.41) is 13.2. The Kier molecular flexibility index (Phi) is 4.54. The predicted molar refractivity (Wildman–Crippen MR) is 81.7 cm³/mol. The minimum Gasteiger partial charge on any atom is -0.480 e. The second-order valence-corrected chi connectivity index (χ2v) is 5.65. The van der Waals surface area contributed by atoms with E-state index in [1.165, 1.54) is 6.33 Å². The molecular weight excluding hydrogens is 322 g/mol. The monoisotopic (exact) mass is 337 g/mol. The standard InChI is InChI=1S/C14H16BrN3O2/c1-3-8(2)12(14(19)20)18-13-10-6-9(15)4-5-11(10)16-7-17-13/h4-8,12H,3H2,1-2H3,(H,19,20)(H,16,17,18). The molecule has 2 aromatic rings. The Morgan fingerprint density at radius 3 is 2.85 bits per heavy atom. The molecule has 0 saturated heterocycles. The summed E-state index contributed by atoms with van der Waals surface area (Å²) >= 11 is 3.40. The molecule has 0 saturated carbocycles. The van der Waals surface area contributed by atoms with Gasteiger partial charge in [0.05, 0.1) is 5.52 Å². The fourth-order valence-corrected chi connectivity index (χ4v) is 2.34. The molecule has 0 fully saturated rings. The number of rotatable bonds is 5. The average Bonchev–Trinajstić information content (AvgIpc) is 2.43. The molecule has 20 heavy (non-hydrogen) atoms. The van der Waals surface area contributed by atoms with Gasteiger partial charge in [-0.2, -0.15) is 0 Å². The number of hydrogen-bond donors (Lipinski definition) is 2. The molecule has 0 aliphatic rings. The quantitative estimate of drug-likeness (QED) is 0.875. The highest BCUT2D eigenvalue weighted by Gasteiger charge is 2.24. The Bertz CT molecular complexity index is 633. The number of nitrogens with zero attached hydrogens (tertiary/aromatic N) is 2. The van der Waals surface area contributed by atoms with E-state index in [0.29, 0.717) is 5.82 Å². The zero-order chi connectivity index (χ0) is 14.7. The number of anilines is 1. The lowest BCUT2D eigenvalue weighted by Crippen LogP contribution is -2.35. The number of benzene rings is 1. The maximum absolute atomic E-state index is 11.4. The number of carboxylic acid groups (broad SMARTS) is 1. The van der Waals surface area contributed by atoms with Crippen LogP contribution in [0.15, 0.2) is 29.0 Å². The third-order valence-electron chi connectivity index (χ3n) is 3.37. The summed E-state index contributed by atoms with van der Waals surface area (Å²) in [6.07, 6.45) is 2.21. The number of halogens is 1. The van der Waals surface area contributed by atoms with Crippen molar-refractivity contribution >= 4 is 38.6 Å². The van der Waals surface area contributed by atoms with Crippen LogP contribution in [0.4, 0.5) is 5.82 Å². The van der Waals surface area contributed by atoms with Gasteiger partial charge in [0.2, 0.25) is 0 Å². The smallest absolute Gasteiger partial charge is 0.326 e. The minimum absolute atomic E-state index is 0.00432. The molecule has 2 atom stereocenters. The van der Waals surface area contributed by atoms with Crippen LogP contribution in [0.25, 0.3) is 10.9 Å². The lowest BCUT2D eigenvalue weighted by atomic mass is 9.99. The van der Waals surface area contributed by atoms with Crippen molar-refractivity contribution in [3.8, 4) is 0 Å². The van der Waals surface area contributed by atoms with Crippen LogP contribution in [0, 0.1) is 5.92 Å². The molecule has 5 nitrogen and oxygen atoms in total. The van der Waals surface area contributed by atoms with Crippen LogP contribution in [-0.4, -0.2) is 27.1 Å². The Morgan fingerprint density at radius 2 is 2.20 bits per heavy atom. The van der Waals surface area contributed by atoms with Crippen LogP contribution in [0.3, 0.4) is 0 Å². The lowest BCUT2D eigenvalue weighted by Gasteiger charge is -2.21. The van der Waals surface area contributed by atoms with E-state index < -0.39 is 12.0 Å². The molecule has 2 N–H and O–H groups in total. The van der Waals surface area contributed by atoms with Gasteiger partial charge in [-0.1, -0.05) is 36.2 Å². The maximum Gasteiger partial charge on any atom is 0.326 e. The Labute approximate surface area is 125 Å². The summed E-state index contributed by atoms with van der Waals surface area (Å²) in [4.78, 5) is 19.8. The fraction of sp³-hybridized carbons (Fsp3) is 0.357. The van der Waals surface area contributed by atoms with E-state index >= 15 is 0 Å². The molecule has 1 aromatic heterocycles. The number of hydrogen-bond acceptors (Lipinski definition) is 4. The van der Waals surface area contributed by atoms with Crippen molar-refractivity contribution in [2.75, 3.05) is 5.32 Å². The van der Waals surface area contributed by atoms with Gasteiger partial charge in [0.25, 0.3) is 0 Å². The van der Waals surface area contributed by atoms with Crippen molar-refractivity contribution in [1.29, 1.82) is 0 Å². The number of aromatic nitrogens is 2. The van der Waals surface area contributed by atoms with E-state index in [1.807, 2.05) is 32.0 Å². The van der Waals surface area contributed by atoms with E-state index in [9.17, 15) is 9.90 Å². The second kappa shape index (κ2) is 6.17. The maximum atomic E-state index is 11.4. The first-order valence-corrected chi connectivity index (χ1v) is 7.21. The number of nitrogens with one attached hydrogen (secondary N) is 1. The Hall–Kier alpha value is -1.69. The zero-order valence-corrected chi connectivity index (χ0v) is 12.9. The molecule has 0 spiro atoms. The Morgan fingerprint density at radius 1 is 1.45 bits per heavy atom. The van der Waals surface area contributed by atoms with Gasteiger partial charge in [-0.25, -0.2) is 14.8 Å². The molecule has 0 aliphatic carbocycles. The highest BCUT2D eigenvalue weighted by Crippen LogP contribution is 2.25. The van der Waals surface area contributed by atoms with E-state index in [1.54, 1.807) is 0 Å². The van der Waals surface area contributed by atoms with E-state index in [-0.39, 0.29) is 5.92 Å². The molecule has 106 valence electrons. The molecule has 0 radical (unpaired) electrons. The van der Waals surface area contributed by atoms with Crippen LogP contribution < -0.4 is 5.32 Å². The number of carbonyl (C=O) groups is 1. The largest absolute Gasteiger partial charge is 0.480 e. The zero-order valence-electron chi connectivity index (χ0n) is 11.3. The number of carboxylic acids is 1. The van der Waals surface area contributed by atoms with Gasteiger partial charge in [-0.05, 0) is 24.1 Å². The summed E-state index contributed by atoms with van der Waals surface area (Å²) in [7, 11) is 0. The van der Waals surface area contributed by atoms with Crippen molar-refractivity contribution in [3.63, 3.8) is 0 Å². The van der Waals surface area contributed by atoms with Crippen molar-refractivity contribution in [1.82, 2.24) is 9.97 Å². The summed E-state index contributed by atoms with van der Waals surface area (Å²) in [5.74, 6) is -0.324. The lowest BCUT2D eigenvalue weighted by molar-refractivity contribution is -0.139. The molecule has 1 heterocycles. The summed E-state index contributed by atoms with van der Waals surface area (Å²) in [5.41, 5.74) is 0.777. The second-order valence-electron chi connectivity index (χ2n) is 4.73. The number of aliphatic carboxylic acids is 1. The van der Waals surface area contributed by atoms with Crippen molar-refractivity contribution < 1.29 is 9.90 Å². The van der Waals surface area contributed by atoms with E-state index in [0.717, 1.165) is 21.8 Å². The van der Waals surface area contributed by atoms with Crippen LogP contribution >= 0.6 is 15.9 Å².